The van der Waals surface area contributed by atoms with Gasteiger partial charge in [0.05, 0.1) is 11.6 Å². The number of benzene rings is 2. The number of nitrogens with two attached hydrogens (primary N) is 1. The Hall–Kier alpha value is -3.01. The maximum absolute atomic E-state index is 9.80. The maximum atomic E-state index is 9.80. The van der Waals surface area contributed by atoms with E-state index in [0.29, 0.717) is 5.57 Å². The van der Waals surface area contributed by atoms with E-state index < -0.39 is 0 Å². The van der Waals surface area contributed by atoms with Crippen molar-refractivity contribution in [3.8, 4) is 6.07 Å². The molecule has 2 aromatic carbocycles. The lowest BCUT2D eigenvalue weighted by Crippen LogP contribution is -2.40. The number of nitriles is 1. The molecular weight excluding hydrogens is 338 g/mol. The number of nitrogens with zero attached hydrogens (tertiary/aromatic N) is 2. The summed E-state index contributed by atoms with van der Waals surface area (Å²) in [5.74, 6) is 0.0423. The summed E-state index contributed by atoms with van der Waals surface area (Å²) in [6.45, 7) is 0. The monoisotopic (exact) mass is 361 g/mol. The maximum Gasteiger partial charge on any atom is 0.200 e. The summed E-state index contributed by atoms with van der Waals surface area (Å²) < 4.78 is 5.83. The highest BCUT2D eigenvalue weighted by Crippen LogP contribution is 2.47. The number of nitrogens with one attached hydrogen (secondary N) is 2. The van der Waals surface area contributed by atoms with Crippen LogP contribution in [0.1, 0.15) is 23.1 Å². The molecule has 2 heterocycles. The molecule has 1 fully saturated rings. The minimum absolute atomic E-state index is 0.000411. The average Bonchev–Trinajstić information content (AvgIpc) is 3.11. The Morgan fingerprint density at radius 1 is 1.00 bits per heavy atom. The van der Waals surface area contributed by atoms with Crippen LogP contribution in [0, 0.1) is 17.2 Å². The first kappa shape index (κ1) is 17.4. The number of allylic oxidation sites excluding steroid dienone is 1. The van der Waals surface area contributed by atoms with Crippen LogP contribution < -0.4 is 21.5 Å². The summed E-state index contributed by atoms with van der Waals surface area (Å²) in [4.78, 5) is 2.05. The zero-order valence-corrected chi connectivity index (χ0v) is 15.4. The minimum Gasteiger partial charge on any atom is -0.458 e. The minimum atomic E-state index is -0.300. The molecule has 0 radical (unpaired) electrons. The summed E-state index contributed by atoms with van der Waals surface area (Å²) in [5, 5.41) is 9.80. The van der Waals surface area contributed by atoms with Crippen LogP contribution in [0.3, 0.4) is 0 Å². The third-order valence-electron chi connectivity index (χ3n) is 5.38. The molecule has 2 aromatic rings. The Bertz CT molecular complexity index is 885. The molecule has 0 aromatic heterocycles. The molecule has 2 aliphatic rings. The van der Waals surface area contributed by atoms with E-state index in [9.17, 15) is 5.26 Å². The van der Waals surface area contributed by atoms with Crippen LogP contribution in [0.25, 0.3) is 0 Å². The molecule has 4 rings (SSSR count). The van der Waals surface area contributed by atoms with Crippen LogP contribution in [0.15, 0.2) is 66.1 Å². The van der Waals surface area contributed by atoms with E-state index in [2.05, 4.69) is 58.2 Å². The van der Waals surface area contributed by atoms with E-state index >= 15 is 0 Å². The van der Waals surface area contributed by atoms with E-state index in [1.165, 1.54) is 0 Å². The molecule has 0 amide bonds. The topological polar surface area (TPSA) is 86.3 Å². The average molecular weight is 361 g/mol. The number of rotatable bonds is 3. The fourth-order valence-corrected chi connectivity index (χ4v) is 4.02. The van der Waals surface area contributed by atoms with Gasteiger partial charge in [-0.15, -0.1) is 0 Å². The zero-order valence-electron chi connectivity index (χ0n) is 15.4. The van der Waals surface area contributed by atoms with Gasteiger partial charge in [0, 0.05) is 31.6 Å². The first-order chi connectivity index (χ1) is 13.1. The summed E-state index contributed by atoms with van der Waals surface area (Å²) >= 11 is 0. The quantitative estimate of drug-likeness (QED) is 0.778. The number of ether oxygens (including phenoxy) is 1. The van der Waals surface area contributed by atoms with E-state index in [0.717, 1.165) is 16.8 Å². The highest BCUT2D eigenvalue weighted by molar-refractivity contribution is 5.50. The van der Waals surface area contributed by atoms with Gasteiger partial charge in [0.15, 0.2) is 6.23 Å². The number of hydrazine groups is 1. The van der Waals surface area contributed by atoms with Crippen molar-refractivity contribution in [2.75, 3.05) is 19.0 Å². The second kappa shape index (κ2) is 6.95. The zero-order chi connectivity index (χ0) is 19.0. The molecule has 0 spiro atoms. The molecule has 6 nitrogen and oxygen atoms in total. The normalized spacial score (nSPS) is 26.9. The van der Waals surface area contributed by atoms with Gasteiger partial charge >= 0.3 is 0 Å². The number of anilines is 1. The standard InChI is InChI=1S/C21H23N5O/c1-26(2)15-10-8-13(9-11-15)17-16(12-22)20(23)27-21-18(17)19(24-25-21)14-6-4-3-5-7-14/h3-11,17-19,21,24-25H,23H2,1-2H3. The number of fused-ring (bicyclic) bond motifs is 1. The highest BCUT2D eigenvalue weighted by Gasteiger charge is 2.49. The molecule has 0 aliphatic carbocycles. The van der Waals surface area contributed by atoms with Crippen molar-refractivity contribution in [3.05, 3.63) is 77.2 Å². The molecule has 6 heteroatoms. The van der Waals surface area contributed by atoms with Gasteiger partial charge in [0.25, 0.3) is 0 Å². The molecule has 0 saturated carbocycles. The largest absolute Gasteiger partial charge is 0.458 e. The van der Waals surface area contributed by atoms with E-state index in [-0.39, 0.29) is 30.0 Å². The fraction of sp³-hybridized carbons (Fsp3) is 0.286. The fourth-order valence-electron chi connectivity index (χ4n) is 4.02. The van der Waals surface area contributed by atoms with Crippen LogP contribution in [0.5, 0.6) is 0 Å². The molecule has 27 heavy (non-hydrogen) atoms. The second-order valence-electron chi connectivity index (χ2n) is 7.15. The summed E-state index contributed by atoms with van der Waals surface area (Å²) in [6.07, 6.45) is -0.300. The van der Waals surface area contributed by atoms with Gasteiger partial charge in [-0.1, -0.05) is 42.5 Å². The van der Waals surface area contributed by atoms with Gasteiger partial charge in [-0.3, -0.25) is 0 Å². The van der Waals surface area contributed by atoms with Gasteiger partial charge in [0.1, 0.15) is 6.07 Å². The molecule has 1 saturated heterocycles. The third kappa shape index (κ3) is 3.01. The van der Waals surface area contributed by atoms with Crippen molar-refractivity contribution in [1.82, 2.24) is 10.9 Å². The van der Waals surface area contributed by atoms with Gasteiger partial charge in [-0.2, -0.15) is 5.26 Å². The highest BCUT2D eigenvalue weighted by atomic mass is 16.5. The van der Waals surface area contributed by atoms with Crippen molar-refractivity contribution in [2.24, 2.45) is 11.7 Å². The Kier molecular flexibility index (Phi) is 4.48. The lowest BCUT2D eigenvalue weighted by atomic mass is 9.74. The summed E-state index contributed by atoms with van der Waals surface area (Å²) in [7, 11) is 4.02. The van der Waals surface area contributed by atoms with Crippen LogP contribution in [-0.2, 0) is 4.74 Å². The Morgan fingerprint density at radius 2 is 1.70 bits per heavy atom. The van der Waals surface area contributed by atoms with Crippen molar-refractivity contribution in [3.63, 3.8) is 0 Å². The number of hydrogen-bond acceptors (Lipinski definition) is 6. The molecule has 4 unspecified atom stereocenters. The predicted molar refractivity (Wildman–Crippen MR) is 104 cm³/mol. The van der Waals surface area contributed by atoms with Gasteiger partial charge < -0.3 is 15.4 Å². The van der Waals surface area contributed by atoms with Crippen LogP contribution in [0.2, 0.25) is 0 Å². The van der Waals surface area contributed by atoms with Crippen molar-refractivity contribution < 1.29 is 4.74 Å². The molecular formula is C21H23N5O. The summed E-state index contributed by atoms with van der Waals surface area (Å²) in [5.41, 5.74) is 16.4. The second-order valence-corrected chi connectivity index (χ2v) is 7.15. The first-order valence-corrected chi connectivity index (χ1v) is 9.00. The summed E-state index contributed by atoms with van der Waals surface area (Å²) in [6, 6.07) is 20.8. The molecule has 4 atom stereocenters. The SMILES string of the molecule is CN(C)c1ccc(C2C(C#N)=C(N)OC3NNC(c4ccccc4)C32)cc1. The van der Waals surface area contributed by atoms with Gasteiger partial charge in [-0.05, 0) is 23.3 Å². The molecule has 0 bridgehead atoms. The third-order valence-corrected chi connectivity index (χ3v) is 5.38. The molecule has 138 valence electrons. The Balaban J connectivity index is 1.79. The molecule has 4 N–H and O–H groups in total. The van der Waals surface area contributed by atoms with Crippen LogP contribution >= 0.6 is 0 Å². The van der Waals surface area contributed by atoms with E-state index in [1.54, 1.807) is 0 Å². The smallest absolute Gasteiger partial charge is 0.200 e. The van der Waals surface area contributed by atoms with E-state index in [4.69, 9.17) is 10.5 Å². The van der Waals surface area contributed by atoms with Crippen LogP contribution in [0.4, 0.5) is 5.69 Å². The van der Waals surface area contributed by atoms with Crippen molar-refractivity contribution >= 4 is 5.69 Å². The first-order valence-electron chi connectivity index (χ1n) is 9.00. The Labute approximate surface area is 159 Å². The van der Waals surface area contributed by atoms with Crippen molar-refractivity contribution in [2.45, 2.75) is 18.2 Å². The van der Waals surface area contributed by atoms with Gasteiger partial charge in [0.2, 0.25) is 5.88 Å². The van der Waals surface area contributed by atoms with Crippen LogP contribution in [-0.4, -0.2) is 20.3 Å². The number of hydrogen-bond donors (Lipinski definition) is 3. The lowest BCUT2D eigenvalue weighted by Gasteiger charge is -2.36. The van der Waals surface area contributed by atoms with E-state index in [1.807, 2.05) is 32.3 Å². The lowest BCUT2D eigenvalue weighted by molar-refractivity contribution is 0.0341. The predicted octanol–water partition coefficient (Wildman–Crippen LogP) is 2.35. The van der Waals surface area contributed by atoms with Crippen molar-refractivity contribution in [1.29, 1.82) is 5.26 Å². The molecule has 2 aliphatic heterocycles. The Morgan fingerprint density at radius 3 is 2.33 bits per heavy atom. The van der Waals surface area contributed by atoms with Gasteiger partial charge in [-0.25, -0.2) is 10.9 Å².